The molecule has 0 aliphatic heterocycles. The van der Waals surface area contributed by atoms with Gasteiger partial charge < -0.3 is 15.6 Å². The van der Waals surface area contributed by atoms with Gasteiger partial charge >= 0.3 is 0 Å². The lowest BCUT2D eigenvalue weighted by atomic mass is 10.2. The van der Waals surface area contributed by atoms with E-state index in [1.54, 1.807) is 0 Å². The van der Waals surface area contributed by atoms with E-state index in [1.807, 2.05) is 18.5 Å². The summed E-state index contributed by atoms with van der Waals surface area (Å²) in [6.45, 7) is 2.25. The maximum Gasteiger partial charge on any atom is 0.233 e. The van der Waals surface area contributed by atoms with Crippen LogP contribution in [0.3, 0.4) is 0 Å². The first-order valence-corrected chi connectivity index (χ1v) is 7.55. The molecule has 1 saturated carbocycles. The summed E-state index contributed by atoms with van der Waals surface area (Å²) in [6, 6.07) is 0.356. The third-order valence-corrected chi connectivity index (χ3v) is 4.59. The van der Waals surface area contributed by atoms with E-state index in [9.17, 15) is 4.79 Å². The van der Waals surface area contributed by atoms with Crippen LogP contribution in [0.2, 0.25) is 0 Å². The number of amides is 1. The van der Waals surface area contributed by atoms with Crippen LogP contribution < -0.4 is 11.1 Å². The SMILES string of the molecule is CC(Sc1nnc(CN)n1C)C(=O)NC1CCCC1. The predicted octanol–water partition coefficient (Wildman–Crippen LogP) is 0.813. The maximum absolute atomic E-state index is 12.1. The molecule has 3 N–H and O–H groups in total. The molecule has 106 valence electrons. The van der Waals surface area contributed by atoms with Gasteiger partial charge in [-0.2, -0.15) is 0 Å². The van der Waals surface area contributed by atoms with Crippen molar-refractivity contribution < 1.29 is 4.79 Å². The van der Waals surface area contributed by atoms with Crippen molar-refractivity contribution >= 4 is 17.7 Å². The van der Waals surface area contributed by atoms with Crippen LogP contribution in [0.4, 0.5) is 0 Å². The number of hydrogen-bond acceptors (Lipinski definition) is 5. The van der Waals surface area contributed by atoms with Crippen molar-refractivity contribution in [2.24, 2.45) is 12.8 Å². The number of rotatable bonds is 5. The van der Waals surface area contributed by atoms with Gasteiger partial charge in [-0.1, -0.05) is 24.6 Å². The van der Waals surface area contributed by atoms with Gasteiger partial charge in [0, 0.05) is 13.1 Å². The van der Waals surface area contributed by atoms with Crippen molar-refractivity contribution in [2.45, 2.75) is 55.6 Å². The molecule has 0 bridgehead atoms. The summed E-state index contributed by atoms with van der Waals surface area (Å²) in [5, 5.41) is 11.7. The molecule has 7 heteroatoms. The average Bonchev–Trinajstić information content (AvgIpc) is 3.00. The monoisotopic (exact) mass is 283 g/mol. The first-order chi connectivity index (χ1) is 9.11. The van der Waals surface area contributed by atoms with E-state index in [0.29, 0.717) is 12.6 Å². The van der Waals surface area contributed by atoms with E-state index < -0.39 is 0 Å². The Bertz CT molecular complexity index is 441. The van der Waals surface area contributed by atoms with E-state index >= 15 is 0 Å². The number of aromatic nitrogens is 3. The van der Waals surface area contributed by atoms with E-state index in [2.05, 4.69) is 15.5 Å². The summed E-state index contributed by atoms with van der Waals surface area (Å²) in [5.41, 5.74) is 5.55. The minimum atomic E-state index is -0.172. The van der Waals surface area contributed by atoms with Gasteiger partial charge in [-0.05, 0) is 19.8 Å². The van der Waals surface area contributed by atoms with Gasteiger partial charge in [-0.15, -0.1) is 10.2 Å². The fourth-order valence-corrected chi connectivity index (χ4v) is 3.07. The minimum absolute atomic E-state index is 0.0780. The molecule has 1 aliphatic rings. The third-order valence-electron chi connectivity index (χ3n) is 3.46. The highest BCUT2D eigenvalue weighted by atomic mass is 32.2. The fourth-order valence-electron chi connectivity index (χ4n) is 2.23. The van der Waals surface area contributed by atoms with Crippen molar-refractivity contribution in [3.8, 4) is 0 Å². The van der Waals surface area contributed by atoms with E-state index in [-0.39, 0.29) is 11.2 Å². The number of nitrogens with one attached hydrogen (secondary N) is 1. The van der Waals surface area contributed by atoms with Crippen LogP contribution in [-0.2, 0) is 18.4 Å². The molecule has 6 nitrogen and oxygen atoms in total. The Morgan fingerprint density at radius 2 is 2.21 bits per heavy atom. The van der Waals surface area contributed by atoms with Crippen LogP contribution in [0, 0.1) is 0 Å². The molecule has 1 fully saturated rings. The molecule has 19 heavy (non-hydrogen) atoms. The van der Waals surface area contributed by atoms with Gasteiger partial charge in [-0.25, -0.2) is 0 Å². The third kappa shape index (κ3) is 3.48. The molecule has 0 saturated heterocycles. The highest BCUT2D eigenvalue weighted by Crippen LogP contribution is 2.23. The van der Waals surface area contributed by atoms with Crippen LogP contribution in [0.1, 0.15) is 38.4 Å². The Morgan fingerprint density at radius 1 is 1.53 bits per heavy atom. The Morgan fingerprint density at radius 3 is 2.79 bits per heavy atom. The summed E-state index contributed by atoms with van der Waals surface area (Å²) in [5.74, 6) is 0.806. The molecular weight excluding hydrogens is 262 g/mol. The van der Waals surface area contributed by atoms with Crippen molar-refractivity contribution in [3.63, 3.8) is 0 Å². The predicted molar refractivity (Wildman–Crippen MR) is 74.6 cm³/mol. The minimum Gasteiger partial charge on any atom is -0.352 e. The maximum atomic E-state index is 12.1. The van der Waals surface area contributed by atoms with Gasteiger partial charge in [0.25, 0.3) is 0 Å². The first-order valence-electron chi connectivity index (χ1n) is 6.67. The van der Waals surface area contributed by atoms with Gasteiger partial charge in [-0.3, -0.25) is 4.79 Å². The topological polar surface area (TPSA) is 85.8 Å². The summed E-state index contributed by atoms with van der Waals surface area (Å²) >= 11 is 1.42. The second kappa shape index (κ2) is 6.38. The molecule has 2 rings (SSSR count). The Labute approximate surface area is 117 Å². The lowest BCUT2D eigenvalue weighted by Crippen LogP contribution is -2.37. The van der Waals surface area contributed by atoms with Crippen LogP contribution in [0.15, 0.2) is 5.16 Å². The van der Waals surface area contributed by atoms with E-state index in [4.69, 9.17) is 5.73 Å². The normalized spacial score (nSPS) is 17.6. The summed E-state index contributed by atoms with van der Waals surface area (Å²) < 4.78 is 1.84. The molecule has 1 atom stereocenters. The van der Waals surface area contributed by atoms with Crippen LogP contribution in [0.5, 0.6) is 0 Å². The van der Waals surface area contributed by atoms with Crippen molar-refractivity contribution in [1.82, 2.24) is 20.1 Å². The molecular formula is C12H21N5OS. The molecule has 1 unspecified atom stereocenters. The molecule has 0 radical (unpaired) electrons. The Kier molecular flexibility index (Phi) is 4.81. The molecule has 1 aromatic rings. The Balaban J connectivity index is 1.90. The molecule has 0 aromatic carbocycles. The first kappa shape index (κ1) is 14.3. The zero-order valence-electron chi connectivity index (χ0n) is 11.4. The van der Waals surface area contributed by atoms with Gasteiger partial charge in [0.2, 0.25) is 5.91 Å². The quantitative estimate of drug-likeness (QED) is 0.781. The van der Waals surface area contributed by atoms with Gasteiger partial charge in [0.1, 0.15) is 5.82 Å². The van der Waals surface area contributed by atoms with E-state index in [1.165, 1.54) is 24.6 Å². The van der Waals surface area contributed by atoms with Gasteiger partial charge in [0.15, 0.2) is 5.16 Å². The molecule has 1 amide bonds. The van der Waals surface area contributed by atoms with Gasteiger partial charge in [0.05, 0.1) is 11.8 Å². The van der Waals surface area contributed by atoms with Crippen molar-refractivity contribution in [3.05, 3.63) is 5.82 Å². The smallest absolute Gasteiger partial charge is 0.233 e. The second-order valence-electron chi connectivity index (χ2n) is 4.91. The van der Waals surface area contributed by atoms with E-state index in [0.717, 1.165) is 23.8 Å². The number of thioether (sulfide) groups is 1. The molecule has 0 spiro atoms. The standard InChI is InChI=1S/C12H21N5OS/c1-8(11(18)14-9-5-3-4-6-9)19-12-16-15-10(7-13)17(12)2/h8-9H,3-7,13H2,1-2H3,(H,14,18). The molecule has 1 aliphatic carbocycles. The number of carbonyl (C=O) groups excluding carboxylic acids is 1. The van der Waals surface area contributed by atoms with Crippen LogP contribution in [-0.4, -0.2) is 32.0 Å². The lowest BCUT2D eigenvalue weighted by molar-refractivity contribution is -0.120. The summed E-state index contributed by atoms with van der Waals surface area (Å²) in [7, 11) is 1.87. The number of hydrogen-bond donors (Lipinski definition) is 2. The summed E-state index contributed by atoms with van der Waals surface area (Å²) in [6.07, 6.45) is 4.64. The van der Waals surface area contributed by atoms with Crippen molar-refractivity contribution in [2.75, 3.05) is 0 Å². The Hall–Kier alpha value is -1.08. The molecule has 1 aromatic heterocycles. The average molecular weight is 283 g/mol. The van der Waals surface area contributed by atoms with Crippen LogP contribution in [0.25, 0.3) is 0 Å². The largest absolute Gasteiger partial charge is 0.352 e. The fraction of sp³-hybridized carbons (Fsp3) is 0.750. The lowest BCUT2D eigenvalue weighted by Gasteiger charge is -2.15. The number of nitrogens with zero attached hydrogens (tertiary/aromatic N) is 3. The number of carbonyl (C=O) groups is 1. The highest BCUT2D eigenvalue weighted by Gasteiger charge is 2.22. The second-order valence-corrected chi connectivity index (χ2v) is 6.22. The zero-order chi connectivity index (χ0) is 13.8. The highest BCUT2D eigenvalue weighted by molar-refractivity contribution is 8.00. The summed E-state index contributed by atoms with van der Waals surface area (Å²) in [4.78, 5) is 12.1. The van der Waals surface area contributed by atoms with Crippen LogP contribution >= 0.6 is 11.8 Å². The van der Waals surface area contributed by atoms with Crippen molar-refractivity contribution in [1.29, 1.82) is 0 Å². The number of nitrogens with two attached hydrogens (primary N) is 1. The zero-order valence-corrected chi connectivity index (χ0v) is 12.2. The molecule has 1 heterocycles.